The molecular weight excluding hydrogens is 512 g/mol. The third-order valence-electron chi connectivity index (χ3n) is 5.08. The van der Waals surface area contributed by atoms with Crippen molar-refractivity contribution in [1.29, 1.82) is 0 Å². The van der Waals surface area contributed by atoms with Gasteiger partial charge >= 0.3 is 0 Å². The molecule has 170 valence electrons. The summed E-state index contributed by atoms with van der Waals surface area (Å²) in [6.07, 6.45) is 3.17. The molecule has 4 heterocycles. The van der Waals surface area contributed by atoms with Crippen LogP contribution in [-0.2, 0) is 10.5 Å². The number of Topliss-reactive ketones (excluding diaryl/α,β-unsaturated/α-hetero) is 1. The highest BCUT2D eigenvalue weighted by Crippen LogP contribution is 2.44. The van der Waals surface area contributed by atoms with Crippen molar-refractivity contribution < 1.29 is 14.7 Å². The first-order valence-electron chi connectivity index (χ1n) is 9.98. The number of amides is 1. The molecule has 34 heavy (non-hydrogen) atoms. The highest BCUT2D eigenvalue weighted by molar-refractivity contribution is 8.00. The Morgan fingerprint density at radius 2 is 1.97 bits per heavy atom. The molecule has 1 atom stereocenters. The molecule has 0 radical (unpaired) electrons. The highest BCUT2D eigenvalue weighted by atomic mass is 35.5. The zero-order chi connectivity index (χ0) is 23.7. The Hall–Kier alpha value is -3.05. The molecule has 4 aromatic rings. The maximum atomic E-state index is 13.3. The van der Waals surface area contributed by atoms with Crippen LogP contribution in [0.1, 0.15) is 26.8 Å². The summed E-state index contributed by atoms with van der Waals surface area (Å²) in [6, 6.07) is 13.5. The summed E-state index contributed by atoms with van der Waals surface area (Å²) in [4.78, 5) is 32.3. The Morgan fingerprint density at radius 1 is 1.15 bits per heavy atom. The average molecular weight is 527 g/mol. The Labute approximate surface area is 211 Å². The number of rotatable bonds is 7. The summed E-state index contributed by atoms with van der Waals surface area (Å²) < 4.78 is 0.653. The maximum Gasteiger partial charge on any atom is 0.296 e. The van der Waals surface area contributed by atoms with Gasteiger partial charge in [0, 0.05) is 23.2 Å². The number of carbonyl (C=O) groups is 2. The molecule has 5 rings (SSSR count). The van der Waals surface area contributed by atoms with Crippen molar-refractivity contribution in [2.45, 2.75) is 16.1 Å². The summed E-state index contributed by atoms with van der Waals surface area (Å²) in [5.74, 6) is -1.03. The number of hydrogen-bond donors (Lipinski definition) is 1. The number of pyridine rings is 1. The van der Waals surface area contributed by atoms with Crippen molar-refractivity contribution in [3.05, 3.63) is 98.7 Å². The second-order valence-corrected chi connectivity index (χ2v) is 10.8. The molecule has 7 nitrogen and oxygen atoms in total. The number of thioether (sulfide) groups is 1. The number of carbonyl (C=O) groups excluding carboxylic acids is 2. The molecule has 1 aliphatic rings. The second-order valence-electron chi connectivity index (χ2n) is 7.20. The van der Waals surface area contributed by atoms with Crippen LogP contribution in [0.25, 0.3) is 0 Å². The molecule has 11 heteroatoms. The van der Waals surface area contributed by atoms with Crippen LogP contribution < -0.4 is 4.90 Å². The van der Waals surface area contributed by atoms with E-state index in [9.17, 15) is 14.7 Å². The first-order chi connectivity index (χ1) is 16.5. The average Bonchev–Trinajstić information content (AvgIpc) is 3.60. The second kappa shape index (κ2) is 9.67. The fourth-order valence-electron chi connectivity index (χ4n) is 3.51. The lowest BCUT2D eigenvalue weighted by atomic mass is 9.97. The van der Waals surface area contributed by atoms with Gasteiger partial charge in [-0.25, -0.2) is 0 Å². The molecule has 1 amide bonds. The van der Waals surface area contributed by atoms with E-state index in [2.05, 4.69) is 15.2 Å². The summed E-state index contributed by atoms with van der Waals surface area (Å²) in [5, 5.41) is 21.9. The maximum absolute atomic E-state index is 13.3. The van der Waals surface area contributed by atoms with E-state index >= 15 is 0 Å². The normalized spacial score (nSPS) is 15.9. The molecule has 1 aliphatic heterocycles. The number of aromatic nitrogens is 3. The molecule has 0 saturated carbocycles. The van der Waals surface area contributed by atoms with Crippen molar-refractivity contribution in [2.24, 2.45) is 0 Å². The van der Waals surface area contributed by atoms with Gasteiger partial charge in [0.05, 0.1) is 16.5 Å². The van der Waals surface area contributed by atoms with Crippen molar-refractivity contribution in [3.8, 4) is 0 Å². The fourth-order valence-corrected chi connectivity index (χ4v) is 6.14. The Morgan fingerprint density at radius 3 is 2.68 bits per heavy atom. The van der Waals surface area contributed by atoms with Crippen LogP contribution in [-0.4, -0.2) is 32.0 Å². The van der Waals surface area contributed by atoms with E-state index in [1.807, 2.05) is 24.3 Å². The first kappa shape index (κ1) is 22.7. The van der Waals surface area contributed by atoms with Crippen LogP contribution in [0.4, 0.5) is 5.13 Å². The molecule has 0 fully saturated rings. The summed E-state index contributed by atoms with van der Waals surface area (Å²) >= 11 is 9.89. The number of nitrogens with zero attached hydrogens (tertiary/aromatic N) is 4. The van der Waals surface area contributed by atoms with Gasteiger partial charge in [0.1, 0.15) is 0 Å². The Balaban J connectivity index is 1.46. The molecule has 3 aromatic heterocycles. The third-order valence-corrected chi connectivity index (χ3v) is 8.32. The number of ketones is 1. The van der Waals surface area contributed by atoms with E-state index in [0.29, 0.717) is 25.6 Å². The van der Waals surface area contributed by atoms with Gasteiger partial charge in [-0.05, 0) is 40.8 Å². The number of anilines is 1. The van der Waals surface area contributed by atoms with Gasteiger partial charge in [-0.15, -0.1) is 21.5 Å². The summed E-state index contributed by atoms with van der Waals surface area (Å²) in [5.41, 5.74) is 1.66. The molecule has 1 unspecified atom stereocenters. The number of aliphatic hydroxyl groups excluding tert-OH is 1. The number of thiophene rings is 1. The number of hydrogen-bond acceptors (Lipinski definition) is 9. The molecule has 0 spiro atoms. The van der Waals surface area contributed by atoms with Crippen LogP contribution >= 0.6 is 46.0 Å². The van der Waals surface area contributed by atoms with Gasteiger partial charge in [-0.3, -0.25) is 19.5 Å². The summed E-state index contributed by atoms with van der Waals surface area (Å²) in [6.45, 7) is 0. The van der Waals surface area contributed by atoms with Crippen molar-refractivity contribution in [2.75, 3.05) is 4.90 Å². The highest BCUT2D eigenvalue weighted by Gasteiger charge is 2.46. The van der Waals surface area contributed by atoms with Gasteiger partial charge < -0.3 is 5.11 Å². The molecule has 1 aromatic carbocycles. The molecule has 1 N–H and O–H groups in total. The smallest absolute Gasteiger partial charge is 0.296 e. The van der Waals surface area contributed by atoms with Crippen LogP contribution in [0.15, 0.2) is 82.0 Å². The van der Waals surface area contributed by atoms with E-state index in [0.717, 1.165) is 5.56 Å². The quantitative estimate of drug-likeness (QED) is 0.187. The lowest BCUT2D eigenvalue weighted by Crippen LogP contribution is -2.31. The molecule has 0 saturated heterocycles. The zero-order valence-corrected chi connectivity index (χ0v) is 20.5. The molecule has 0 bridgehead atoms. The predicted octanol–water partition coefficient (Wildman–Crippen LogP) is 5.72. The fraction of sp³-hybridized carbons (Fsp3) is 0.0870. The van der Waals surface area contributed by atoms with E-state index in [-0.39, 0.29) is 10.7 Å². The van der Waals surface area contributed by atoms with Gasteiger partial charge in [0.25, 0.3) is 5.91 Å². The Kier molecular flexibility index (Phi) is 6.46. The van der Waals surface area contributed by atoms with E-state index < -0.39 is 23.5 Å². The van der Waals surface area contributed by atoms with E-state index in [1.165, 1.54) is 39.3 Å². The van der Waals surface area contributed by atoms with Gasteiger partial charge in [-0.2, -0.15) is 0 Å². The van der Waals surface area contributed by atoms with Crippen molar-refractivity contribution in [3.63, 3.8) is 0 Å². The number of halogens is 1. The van der Waals surface area contributed by atoms with Gasteiger partial charge in [-0.1, -0.05) is 59.0 Å². The lowest BCUT2D eigenvalue weighted by molar-refractivity contribution is -0.117. The predicted molar refractivity (Wildman–Crippen MR) is 134 cm³/mol. The SMILES string of the molecule is O=C(C1=C(O)C(=O)N(c2nnc(SCc3ccc(Cl)cc3)s2)C1c1cccnc1)c1cccs1. The number of benzene rings is 1. The van der Waals surface area contributed by atoms with Crippen LogP contribution in [0, 0.1) is 0 Å². The van der Waals surface area contributed by atoms with Gasteiger partial charge in [0.15, 0.2) is 10.1 Å². The molecule has 0 aliphatic carbocycles. The first-order valence-corrected chi connectivity index (χ1v) is 13.0. The number of aliphatic hydroxyl groups is 1. The van der Waals surface area contributed by atoms with Crippen LogP contribution in [0.3, 0.4) is 0 Å². The van der Waals surface area contributed by atoms with Crippen molar-refractivity contribution in [1.82, 2.24) is 15.2 Å². The Bertz CT molecular complexity index is 1370. The largest absolute Gasteiger partial charge is 0.503 e. The molecular formula is C23H15ClN4O3S3. The summed E-state index contributed by atoms with van der Waals surface area (Å²) in [7, 11) is 0. The lowest BCUT2D eigenvalue weighted by Gasteiger charge is -2.23. The minimum atomic E-state index is -0.863. The zero-order valence-electron chi connectivity index (χ0n) is 17.3. The van der Waals surface area contributed by atoms with Crippen LogP contribution in [0.2, 0.25) is 5.02 Å². The minimum Gasteiger partial charge on any atom is -0.503 e. The minimum absolute atomic E-state index is 0.00557. The third kappa shape index (κ3) is 4.37. The topological polar surface area (TPSA) is 96.3 Å². The van der Waals surface area contributed by atoms with Crippen LogP contribution in [0.5, 0.6) is 0 Å². The standard InChI is InChI=1S/C23H15ClN4O3S3/c24-15-7-5-13(6-8-15)12-33-23-27-26-22(34-23)28-18(14-3-1-9-25-11-14)17(20(30)21(28)31)19(29)16-4-2-10-32-16/h1-11,18,30H,12H2. The monoisotopic (exact) mass is 526 g/mol. The van der Waals surface area contributed by atoms with E-state index in [4.69, 9.17) is 11.6 Å². The van der Waals surface area contributed by atoms with E-state index in [1.54, 1.807) is 42.0 Å². The van der Waals surface area contributed by atoms with Crippen molar-refractivity contribution >= 4 is 62.9 Å². The van der Waals surface area contributed by atoms with Gasteiger partial charge in [0.2, 0.25) is 10.9 Å².